The molecule has 2 nitrogen and oxygen atoms in total. The SMILES string of the molecule is CCOC(=O)C1(F)C2CCCC21. The summed E-state index contributed by atoms with van der Waals surface area (Å²) >= 11 is 0. The van der Waals surface area contributed by atoms with Crippen LogP contribution in [0.3, 0.4) is 0 Å². The summed E-state index contributed by atoms with van der Waals surface area (Å²) in [6.07, 6.45) is 2.79. The highest BCUT2D eigenvalue weighted by molar-refractivity contribution is 5.84. The van der Waals surface area contributed by atoms with Crippen LogP contribution in [0.2, 0.25) is 0 Å². The van der Waals surface area contributed by atoms with Crippen molar-refractivity contribution in [1.82, 2.24) is 0 Å². The molecule has 0 bridgehead atoms. The van der Waals surface area contributed by atoms with Crippen molar-refractivity contribution in [3.8, 4) is 0 Å². The lowest BCUT2D eigenvalue weighted by Crippen LogP contribution is -2.25. The van der Waals surface area contributed by atoms with Gasteiger partial charge in [-0.3, -0.25) is 0 Å². The summed E-state index contributed by atoms with van der Waals surface area (Å²) in [6, 6.07) is 0. The van der Waals surface area contributed by atoms with Gasteiger partial charge in [0, 0.05) is 11.8 Å². The van der Waals surface area contributed by atoms with Crippen molar-refractivity contribution < 1.29 is 13.9 Å². The third-order valence-corrected chi connectivity index (χ3v) is 3.07. The Labute approximate surface area is 71.1 Å². The molecule has 0 aliphatic heterocycles. The molecule has 2 fully saturated rings. The first-order valence-corrected chi connectivity index (χ1v) is 4.57. The Morgan fingerprint density at radius 1 is 1.58 bits per heavy atom. The molecule has 2 rings (SSSR count). The molecule has 0 spiro atoms. The van der Waals surface area contributed by atoms with Crippen LogP contribution in [-0.4, -0.2) is 18.2 Å². The second-order valence-corrected chi connectivity index (χ2v) is 3.63. The maximum absolute atomic E-state index is 13.7. The number of halogens is 1. The molecule has 0 amide bonds. The van der Waals surface area contributed by atoms with Crippen LogP contribution in [0.5, 0.6) is 0 Å². The van der Waals surface area contributed by atoms with Crippen LogP contribution < -0.4 is 0 Å². The van der Waals surface area contributed by atoms with E-state index in [4.69, 9.17) is 4.74 Å². The number of rotatable bonds is 2. The minimum atomic E-state index is -1.59. The lowest BCUT2D eigenvalue weighted by atomic mass is 10.1. The van der Waals surface area contributed by atoms with Gasteiger partial charge in [-0.1, -0.05) is 6.42 Å². The van der Waals surface area contributed by atoms with E-state index >= 15 is 0 Å². The molecule has 0 saturated heterocycles. The van der Waals surface area contributed by atoms with Crippen molar-refractivity contribution in [2.75, 3.05) is 6.61 Å². The average Bonchev–Trinajstić information content (AvgIpc) is 2.52. The van der Waals surface area contributed by atoms with Crippen molar-refractivity contribution in [3.05, 3.63) is 0 Å². The molecule has 0 aromatic carbocycles. The number of esters is 1. The zero-order chi connectivity index (χ0) is 8.77. The summed E-state index contributed by atoms with van der Waals surface area (Å²) in [5.74, 6) is -0.659. The highest BCUT2D eigenvalue weighted by atomic mass is 19.1. The van der Waals surface area contributed by atoms with Gasteiger partial charge in [-0.05, 0) is 19.8 Å². The number of hydrogen-bond donors (Lipinski definition) is 0. The molecule has 2 aliphatic carbocycles. The number of carbonyl (C=O) groups excluding carboxylic acids is 1. The Hall–Kier alpha value is -0.600. The van der Waals surface area contributed by atoms with Crippen LogP contribution in [0.4, 0.5) is 4.39 Å². The summed E-state index contributed by atoms with van der Waals surface area (Å²) < 4.78 is 18.4. The van der Waals surface area contributed by atoms with Gasteiger partial charge in [-0.2, -0.15) is 0 Å². The molecule has 68 valence electrons. The summed E-state index contributed by atoms with van der Waals surface area (Å²) in [7, 11) is 0. The Morgan fingerprint density at radius 2 is 2.17 bits per heavy atom. The highest BCUT2D eigenvalue weighted by Crippen LogP contribution is 2.63. The van der Waals surface area contributed by atoms with Crippen LogP contribution in [0.25, 0.3) is 0 Å². The number of carbonyl (C=O) groups is 1. The van der Waals surface area contributed by atoms with Gasteiger partial charge in [0.15, 0.2) is 0 Å². The highest BCUT2D eigenvalue weighted by Gasteiger charge is 2.73. The van der Waals surface area contributed by atoms with Gasteiger partial charge in [0.05, 0.1) is 6.61 Å². The van der Waals surface area contributed by atoms with Gasteiger partial charge in [0.1, 0.15) is 0 Å². The van der Waals surface area contributed by atoms with E-state index in [9.17, 15) is 9.18 Å². The first kappa shape index (κ1) is 8.02. The molecule has 12 heavy (non-hydrogen) atoms. The van der Waals surface area contributed by atoms with E-state index in [0.717, 1.165) is 19.3 Å². The monoisotopic (exact) mass is 172 g/mol. The zero-order valence-electron chi connectivity index (χ0n) is 7.18. The maximum Gasteiger partial charge on any atom is 0.344 e. The van der Waals surface area contributed by atoms with E-state index in [-0.39, 0.29) is 18.4 Å². The lowest BCUT2D eigenvalue weighted by molar-refractivity contribution is -0.152. The first-order chi connectivity index (χ1) is 5.71. The lowest BCUT2D eigenvalue weighted by Gasteiger charge is -2.09. The number of hydrogen-bond acceptors (Lipinski definition) is 2. The zero-order valence-corrected chi connectivity index (χ0v) is 7.18. The normalized spacial score (nSPS) is 43.8. The first-order valence-electron chi connectivity index (χ1n) is 4.57. The molecule has 3 heteroatoms. The maximum atomic E-state index is 13.7. The largest absolute Gasteiger partial charge is 0.464 e. The molecule has 0 aromatic heterocycles. The van der Waals surface area contributed by atoms with E-state index in [1.807, 2.05) is 0 Å². The van der Waals surface area contributed by atoms with Crippen LogP contribution in [0.1, 0.15) is 26.2 Å². The minimum Gasteiger partial charge on any atom is -0.464 e. The fourth-order valence-electron chi connectivity index (χ4n) is 2.42. The molecular formula is C9H13FO2. The van der Waals surface area contributed by atoms with Crippen LogP contribution in [0, 0.1) is 11.8 Å². The Bertz CT molecular complexity index is 205. The number of alkyl halides is 1. The Kier molecular flexibility index (Phi) is 1.63. The van der Waals surface area contributed by atoms with Gasteiger partial charge in [0.25, 0.3) is 0 Å². The number of ether oxygens (including phenoxy) is 1. The molecule has 2 unspecified atom stereocenters. The van der Waals surface area contributed by atoms with E-state index in [1.165, 1.54) is 0 Å². The molecule has 0 radical (unpaired) electrons. The van der Waals surface area contributed by atoms with E-state index in [1.54, 1.807) is 6.92 Å². The molecule has 0 N–H and O–H groups in total. The molecule has 2 aliphatic rings. The molecule has 2 atom stereocenters. The third kappa shape index (κ3) is 0.822. The van der Waals surface area contributed by atoms with E-state index < -0.39 is 11.6 Å². The second kappa shape index (κ2) is 2.44. The predicted molar refractivity (Wildman–Crippen MR) is 41.3 cm³/mol. The van der Waals surface area contributed by atoms with Gasteiger partial charge in [-0.25, -0.2) is 9.18 Å². The topological polar surface area (TPSA) is 26.3 Å². The standard InChI is InChI=1S/C9H13FO2/c1-2-12-8(11)9(10)6-4-3-5-7(6)9/h6-7H,2-5H2,1H3. The van der Waals surface area contributed by atoms with E-state index in [2.05, 4.69) is 0 Å². The molecular weight excluding hydrogens is 159 g/mol. The van der Waals surface area contributed by atoms with Crippen LogP contribution >= 0.6 is 0 Å². The van der Waals surface area contributed by atoms with Crippen molar-refractivity contribution in [1.29, 1.82) is 0 Å². The van der Waals surface area contributed by atoms with Crippen molar-refractivity contribution in [2.24, 2.45) is 11.8 Å². The molecule has 0 heterocycles. The van der Waals surface area contributed by atoms with Crippen molar-refractivity contribution in [2.45, 2.75) is 31.9 Å². The van der Waals surface area contributed by atoms with Gasteiger partial charge in [0.2, 0.25) is 5.67 Å². The van der Waals surface area contributed by atoms with Gasteiger partial charge >= 0.3 is 5.97 Å². The van der Waals surface area contributed by atoms with Crippen LogP contribution in [0.15, 0.2) is 0 Å². The molecule has 0 aromatic rings. The average molecular weight is 172 g/mol. The minimum absolute atomic E-state index is 0.0171. The van der Waals surface area contributed by atoms with Crippen molar-refractivity contribution >= 4 is 5.97 Å². The summed E-state index contributed by atoms with van der Waals surface area (Å²) in [4.78, 5) is 11.1. The van der Waals surface area contributed by atoms with E-state index in [0.29, 0.717) is 0 Å². The fraction of sp³-hybridized carbons (Fsp3) is 0.889. The predicted octanol–water partition coefficient (Wildman–Crippen LogP) is 1.69. The fourth-order valence-corrected chi connectivity index (χ4v) is 2.42. The Morgan fingerprint density at radius 3 is 2.67 bits per heavy atom. The second-order valence-electron chi connectivity index (χ2n) is 3.63. The third-order valence-electron chi connectivity index (χ3n) is 3.07. The van der Waals surface area contributed by atoms with Gasteiger partial charge < -0.3 is 4.74 Å². The van der Waals surface area contributed by atoms with Gasteiger partial charge in [-0.15, -0.1) is 0 Å². The quantitative estimate of drug-likeness (QED) is 0.592. The van der Waals surface area contributed by atoms with Crippen molar-refractivity contribution in [3.63, 3.8) is 0 Å². The molecule has 2 saturated carbocycles. The smallest absolute Gasteiger partial charge is 0.344 e. The Balaban J connectivity index is 2.01. The summed E-state index contributed by atoms with van der Waals surface area (Å²) in [5, 5.41) is 0. The number of fused-ring (bicyclic) bond motifs is 1. The summed E-state index contributed by atoms with van der Waals surface area (Å²) in [5.41, 5.74) is -1.59. The summed E-state index contributed by atoms with van der Waals surface area (Å²) in [6.45, 7) is 1.99. The van der Waals surface area contributed by atoms with Crippen LogP contribution in [-0.2, 0) is 9.53 Å².